The van der Waals surface area contributed by atoms with Crippen LogP contribution in [0.2, 0.25) is 0 Å². The van der Waals surface area contributed by atoms with Crippen LogP contribution in [0.4, 0.5) is 5.69 Å². The van der Waals surface area contributed by atoms with Crippen molar-refractivity contribution in [2.75, 3.05) is 11.9 Å². The lowest BCUT2D eigenvalue weighted by Gasteiger charge is -2.10. The van der Waals surface area contributed by atoms with Crippen LogP contribution in [0.5, 0.6) is 5.75 Å². The Morgan fingerprint density at radius 1 is 0.875 bits per heavy atom. The highest BCUT2D eigenvalue weighted by Crippen LogP contribution is 2.25. The van der Waals surface area contributed by atoms with Crippen molar-refractivity contribution >= 4 is 33.4 Å². The number of hydrogen-bond donors (Lipinski definition) is 1. The molecule has 0 bridgehead atoms. The fourth-order valence-corrected chi connectivity index (χ4v) is 3.74. The molecule has 0 aliphatic carbocycles. The molecule has 0 atom stereocenters. The van der Waals surface area contributed by atoms with E-state index in [-0.39, 0.29) is 12.5 Å². The van der Waals surface area contributed by atoms with Crippen molar-refractivity contribution in [2.45, 2.75) is 13.8 Å². The number of carbonyl (C=O) groups excluding carboxylic acids is 1. The molecule has 6 nitrogen and oxygen atoms in total. The molecular formula is C26H22N4O2. The maximum atomic E-state index is 12.5. The first-order valence-corrected chi connectivity index (χ1v) is 10.4. The summed E-state index contributed by atoms with van der Waals surface area (Å²) in [5.74, 6) is 0.477. The average Bonchev–Trinajstić information content (AvgIpc) is 3.21. The number of nitrogens with zero attached hydrogens (tertiary/aromatic N) is 3. The summed E-state index contributed by atoms with van der Waals surface area (Å²) in [6.07, 6.45) is 0. The summed E-state index contributed by atoms with van der Waals surface area (Å²) in [5.41, 5.74) is 4.98. The predicted octanol–water partition coefficient (Wildman–Crippen LogP) is 5.21. The van der Waals surface area contributed by atoms with Gasteiger partial charge in [0.2, 0.25) is 0 Å². The normalized spacial score (nSPS) is 11.1. The van der Waals surface area contributed by atoms with Crippen LogP contribution in [0.15, 0.2) is 78.9 Å². The van der Waals surface area contributed by atoms with Crippen molar-refractivity contribution in [1.82, 2.24) is 15.0 Å². The van der Waals surface area contributed by atoms with Crippen LogP contribution < -0.4 is 10.1 Å². The smallest absolute Gasteiger partial charge is 0.262 e. The second-order valence-corrected chi connectivity index (χ2v) is 7.75. The molecule has 0 saturated carbocycles. The number of carbonyl (C=O) groups is 1. The molecule has 0 unspecified atom stereocenters. The minimum Gasteiger partial charge on any atom is -0.483 e. The summed E-state index contributed by atoms with van der Waals surface area (Å²) in [4.78, 5) is 14.1. The maximum absolute atomic E-state index is 12.5. The number of para-hydroxylation sites is 1. The number of ether oxygens (including phenoxy) is 1. The molecule has 1 amide bonds. The summed E-state index contributed by atoms with van der Waals surface area (Å²) in [7, 11) is 0. The van der Waals surface area contributed by atoms with Gasteiger partial charge in [-0.2, -0.15) is 0 Å². The van der Waals surface area contributed by atoms with Gasteiger partial charge in [-0.05, 0) is 54.6 Å². The van der Waals surface area contributed by atoms with E-state index >= 15 is 0 Å². The van der Waals surface area contributed by atoms with Crippen LogP contribution in [-0.4, -0.2) is 27.5 Å². The third kappa shape index (κ3) is 3.78. The lowest BCUT2D eigenvalue weighted by molar-refractivity contribution is -0.118. The molecule has 0 radical (unpaired) electrons. The number of hydrogen-bond acceptors (Lipinski definition) is 4. The van der Waals surface area contributed by atoms with Crippen molar-refractivity contribution in [3.63, 3.8) is 0 Å². The molecule has 0 fully saturated rings. The van der Waals surface area contributed by atoms with Crippen molar-refractivity contribution in [3.05, 3.63) is 90.0 Å². The maximum Gasteiger partial charge on any atom is 0.262 e. The topological polar surface area (TPSA) is 69.0 Å². The summed E-state index contributed by atoms with van der Waals surface area (Å²) >= 11 is 0. The number of anilines is 1. The van der Waals surface area contributed by atoms with Gasteiger partial charge in [-0.1, -0.05) is 54.6 Å². The zero-order valence-electron chi connectivity index (χ0n) is 17.9. The summed E-state index contributed by atoms with van der Waals surface area (Å²) in [6, 6.07) is 25.6. The molecule has 0 saturated heterocycles. The van der Waals surface area contributed by atoms with Gasteiger partial charge in [0.05, 0.1) is 5.69 Å². The number of amides is 1. The standard InChI is InChI=1S/C26H22N4O2/c1-17-8-3-6-13-25(17)32-16-26(31)27-21-15-23-22(14-18(21)2)28-30(29-23)24-12-7-10-19-9-4-5-11-20(19)24/h3-15H,16H2,1-2H3,(H,27,31). The Balaban J connectivity index is 1.40. The molecule has 32 heavy (non-hydrogen) atoms. The van der Waals surface area contributed by atoms with Crippen LogP contribution in [0.25, 0.3) is 27.5 Å². The van der Waals surface area contributed by atoms with Gasteiger partial charge in [0.25, 0.3) is 5.91 Å². The van der Waals surface area contributed by atoms with Gasteiger partial charge < -0.3 is 10.1 Å². The summed E-state index contributed by atoms with van der Waals surface area (Å²) in [6.45, 7) is 3.82. The Morgan fingerprint density at radius 3 is 2.44 bits per heavy atom. The molecule has 5 aromatic rings. The van der Waals surface area contributed by atoms with Crippen LogP contribution >= 0.6 is 0 Å². The predicted molar refractivity (Wildman–Crippen MR) is 126 cm³/mol. The molecular weight excluding hydrogens is 400 g/mol. The molecule has 5 rings (SSSR count). The van der Waals surface area contributed by atoms with E-state index in [4.69, 9.17) is 4.74 Å². The van der Waals surface area contributed by atoms with Gasteiger partial charge in [0.1, 0.15) is 16.8 Å². The molecule has 6 heteroatoms. The minimum absolute atomic E-state index is 0.0645. The van der Waals surface area contributed by atoms with E-state index in [9.17, 15) is 4.79 Å². The summed E-state index contributed by atoms with van der Waals surface area (Å²) < 4.78 is 5.66. The number of nitrogens with one attached hydrogen (secondary N) is 1. The van der Waals surface area contributed by atoms with Crippen molar-refractivity contribution in [1.29, 1.82) is 0 Å². The molecule has 158 valence electrons. The van der Waals surface area contributed by atoms with Gasteiger partial charge in [-0.15, -0.1) is 15.0 Å². The third-order valence-electron chi connectivity index (χ3n) is 5.44. The lowest BCUT2D eigenvalue weighted by Crippen LogP contribution is -2.20. The molecule has 0 spiro atoms. The number of benzene rings is 4. The zero-order valence-corrected chi connectivity index (χ0v) is 17.9. The van der Waals surface area contributed by atoms with E-state index in [1.165, 1.54) is 0 Å². The minimum atomic E-state index is -0.225. The highest BCUT2D eigenvalue weighted by atomic mass is 16.5. The zero-order chi connectivity index (χ0) is 22.1. The Kier molecular flexibility index (Phi) is 5.03. The first-order chi connectivity index (χ1) is 15.6. The van der Waals surface area contributed by atoms with Crippen molar-refractivity contribution in [3.8, 4) is 11.4 Å². The Morgan fingerprint density at radius 2 is 1.59 bits per heavy atom. The van der Waals surface area contributed by atoms with Gasteiger partial charge in [0, 0.05) is 11.1 Å². The van der Waals surface area contributed by atoms with Crippen LogP contribution in [-0.2, 0) is 4.79 Å². The van der Waals surface area contributed by atoms with Gasteiger partial charge in [-0.25, -0.2) is 0 Å². The average molecular weight is 422 g/mol. The van der Waals surface area contributed by atoms with Crippen LogP contribution in [0.1, 0.15) is 11.1 Å². The second-order valence-electron chi connectivity index (χ2n) is 7.75. The first-order valence-electron chi connectivity index (χ1n) is 10.4. The van der Waals surface area contributed by atoms with E-state index in [1.54, 1.807) is 4.80 Å². The SMILES string of the molecule is Cc1cc2nn(-c3cccc4ccccc34)nc2cc1NC(=O)COc1ccccc1C. The molecule has 1 aromatic heterocycles. The Hall–Kier alpha value is -4.19. The molecule has 1 heterocycles. The van der Waals surface area contributed by atoms with Gasteiger partial charge >= 0.3 is 0 Å². The van der Waals surface area contributed by atoms with E-state index in [1.807, 2.05) is 74.5 Å². The highest BCUT2D eigenvalue weighted by molar-refractivity contribution is 5.95. The monoisotopic (exact) mass is 422 g/mol. The first kappa shape index (κ1) is 19.8. The van der Waals surface area contributed by atoms with Gasteiger partial charge in [-0.3, -0.25) is 4.79 Å². The van der Waals surface area contributed by atoms with E-state index in [0.717, 1.165) is 33.1 Å². The van der Waals surface area contributed by atoms with Crippen LogP contribution in [0.3, 0.4) is 0 Å². The fraction of sp³-hybridized carbons (Fsp3) is 0.115. The van der Waals surface area contributed by atoms with E-state index in [0.29, 0.717) is 17.0 Å². The lowest BCUT2D eigenvalue weighted by atomic mass is 10.1. The van der Waals surface area contributed by atoms with E-state index < -0.39 is 0 Å². The second kappa shape index (κ2) is 8.15. The molecule has 0 aliphatic heterocycles. The number of aromatic nitrogens is 3. The Labute approximate surface area is 185 Å². The quantitative estimate of drug-likeness (QED) is 0.422. The number of aryl methyl sites for hydroxylation is 2. The van der Waals surface area contributed by atoms with Gasteiger partial charge in [0.15, 0.2) is 6.61 Å². The molecule has 1 N–H and O–H groups in total. The molecule has 0 aliphatic rings. The summed E-state index contributed by atoms with van der Waals surface area (Å²) in [5, 5.41) is 14.5. The number of rotatable bonds is 5. The third-order valence-corrected chi connectivity index (χ3v) is 5.44. The van der Waals surface area contributed by atoms with Crippen LogP contribution in [0, 0.1) is 13.8 Å². The highest BCUT2D eigenvalue weighted by Gasteiger charge is 2.12. The Bertz CT molecular complexity index is 1450. The van der Waals surface area contributed by atoms with E-state index in [2.05, 4.69) is 33.7 Å². The largest absolute Gasteiger partial charge is 0.483 e. The number of fused-ring (bicyclic) bond motifs is 2. The van der Waals surface area contributed by atoms with Crippen molar-refractivity contribution in [2.24, 2.45) is 0 Å². The fourth-order valence-electron chi connectivity index (χ4n) is 3.74. The molecule has 4 aromatic carbocycles. The van der Waals surface area contributed by atoms with Crippen molar-refractivity contribution < 1.29 is 9.53 Å².